The second kappa shape index (κ2) is 6.15. The van der Waals surface area contributed by atoms with Gasteiger partial charge in [0.15, 0.2) is 17.6 Å². The third-order valence-corrected chi connectivity index (χ3v) is 3.76. The Morgan fingerprint density at radius 1 is 1.52 bits per heavy atom. The van der Waals surface area contributed by atoms with E-state index in [4.69, 9.17) is 22.1 Å². The number of carboxylic acids is 1. The molecule has 110 valence electrons. The van der Waals surface area contributed by atoms with Crippen molar-refractivity contribution in [3.63, 3.8) is 0 Å². The molecule has 6 nitrogen and oxygen atoms in total. The second-order valence-electron chi connectivity index (χ2n) is 4.15. The molecule has 0 aromatic heterocycles. The molecule has 1 fully saturated rings. The van der Waals surface area contributed by atoms with E-state index in [0.717, 1.165) is 11.8 Å². The lowest BCUT2D eigenvalue weighted by Gasteiger charge is -2.14. The zero-order valence-electron chi connectivity index (χ0n) is 10.8. The fraction of sp³-hybridized carbons (Fsp3) is 0.154. The summed E-state index contributed by atoms with van der Waals surface area (Å²) in [5, 5.41) is 21.2. The summed E-state index contributed by atoms with van der Waals surface area (Å²) in [5.41, 5.74) is 0.394. The van der Waals surface area contributed by atoms with Crippen LogP contribution in [0.15, 0.2) is 23.1 Å². The number of benzene rings is 1. The van der Waals surface area contributed by atoms with Gasteiger partial charge < -0.3 is 20.3 Å². The van der Waals surface area contributed by atoms with Crippen LogP contribution in [0.5, 0.6) is 11.5 Å². The smallest absolute Gasteiger partial charge is 0.344 e. The van der Waals surface area contributed by atoms with Crippen LogP contribution in [0.2, 0.25) is 0 Å². The predicted molar refractivity (Wildman–Crippen MR) is 82.1 cm³/mol. The van der Waals surface area contributed by atoms with Gasteiger partial charge in [0.25, 0.3) is 5.91 Å². The van der Waals surface area contributed by atoms with Gasteiger partial charge in [-0.2, -0.15) is 0 Å². The number of rotatable bonds is 4. The Kier molecular flexibility index (Phi) is 4.49. The molecule has 2 rings (SSSR count). The highest BCUT2D eigenvalue weighted by Crippen LogP contribution is 2.35. The maximum absolute atomic E-state index is 11.6. The number of aromatic hydroxyl groups is 1. The van der Waals surface area contributed by atoms with E-state index in [1.165, 1.54) is 19.1 Å². The largest absolute Gasteiger partial charge is 0.504 e. The SMILES string of the molecule is CC(Oc1c(O)cccc1/C=C1/SC(=S)NC1=O)C(=O)O. The molecule has 21 heavy (non-hydrogen) atoms. The second-order valence-corrected chi connectivity index (χ2v) is 5.86. The zero-order chi connectivity index (χ0) is 15.6. The number of hydrogen-bond donors (Lipinski definition) is 3. The van der Waals surface area contributed by atoms with Gasteiger partial charge in [-0.15, -0.1) is 0 Å². The highest BCUT2D eigenvalue weighted by atomic mass is 32.2. The van der Waals surface area contributed by atoms with E-state index < -0.39 is 12.1 Å². The number of carbonyl (C=O) groups is 2. The van der Waals surface area contributed by atoms with Crippen LogP contribution in [0.25, 0.3) is 6.08 Å². The van der Waals surface area contributed by atoms with Crippen LogP contribution in [0.3, 0.4) is 0 Å². The quantitative estimate of drug-likeness (QED) is 0.573. The lowest BCUT2D eigenvalue weighted by Crippen LogP contribution is -2.23. The van der Waals surface area contributed by atoms with Crippen molar-refractivity contribution >= 4 is 46.3 Å². The molecule has 1 unspecified atom stereocenters. The lowest BCUT2D eigenvalue weighted by atomic mass is 10.1. The summed E-state index contributed by atoms with van der Waals surface area (Å²) in [6.07, 6.45) is 0.352. The first-order chi connectivity index (χ1) is 9.88. The molecule has 1 aromatic rings. The van der Waals surface area contributed by atoms with Gasteiger partial charge in [-0.05, 0) is 19.1 Å². The number of phenolic OH excluding ortho intramolecular Hbond substituents is 1. The Bertz CT molecular complexity index is 656. The minimum Gasteiger partial charge on any atom is -0.504 e. The molecule has 1 atom stereocenters. The Hall–Kier alpha value is -2.06. The minimum absolute atomic E-state index is 0.00567. The van der Waals surface area contributed by atoms with Crippen LogP contribution in [-0.4, -0.2) is 32.5 Å². The Balaban J connectivity index is 2.38. The van der Waals surface area contributed by atoms with E-state index in [2.05, 4.69) is 5.32 Å². The first-order valence-electron chi connectivity index (χ1n) is 5.85. The minimum atomic E-state index is -1.16. The van der Waals surface area contributed by atoms with E-state index in [0.29, 0.717) is 14.8 Å². The number of aliphatic carboxylic acids is 1. The summed E-state index contributed by atoms with van der Waals surface area (Å²) in [5.74, 6) is -1.70. The van der Waals surface area contributed by atoms with Crippen LogP contribution in [-0.2, 0) is 9.59 Å². The number of nitrogens with one attached hydrogen (secondary N) is 1. The molecule has 1 aromatic carbocycles. The van der Waals surface area contributed by atoms with E-state index in [-0.39, 0.29) is 17.4 Å². The van der Waals surface area contributed by atoms with Crippen molar-refractivity contribution in [3.8, 4) is 11.5 Å². The fourth-order valence-electron chi connectivity index (χ4n) is 1.57. The van der Waals surface area contributed by atoms with Gasteiger partial charge in [0.1, 0.15) is 4.32 Å². The van der Waals surface area contributed by atoms with Crippen molar-refractivity contribution in [2.24, 2.45) is 0 Å². The molecule has 0 saturated carbocycles. The molecule has 8 heteroatoms. The van der Waals surface area contributed by atoms with Crippen molar-refractivity contribution < 1.29 is 24.5 Å². The first kappa shape index (κ1) is 15.3. The molecule has 1 heterocycles. The van der Waals surface area contributed by atoms with Crippen molar-refractivity contribution in [3.05, 3.63) is 28.7 Å². The van der Waals surface area contributed by atoms with Crippen molar-refractivity contribution in [1.82, 2.24) is 5.32 Å². The van der Waals surface area contributed by atoms with E-state index >= 15 is 0 Å². The maximum atomic E-state index is 11.6. The van der Waals surface area contributed by atoms with Crippen molar-refractivity contribution in [2.45, 2.75) is 13.0 Å². The zero-order valence-corrected chi connectivity index (χ0v) is 12.5. The number of thioether (sulfide) groups is 1. The number of hydrogen-bond acceptors (Lipinski definition) is 6. The van der Waals surface area contributed by atoms with Crippen LogP contribution in [0, 0.1) is 0 Å². The molecular formula is C13H11NO5S2. The fourth-order valence-corrected chi connectivity index (χ4v) is 2.61. The Labute approximate surface area is 129 Å². The standard InChI is InChI=1S/C13H11NO5S2/c1-6(12(17)18)19-10-7(3-2-4-8(10)15)5-9-11(16)14-13(20)21-9/h2-6,15H,1H3,(H,17,18)(H,14,16,20)/b9-5+. The van der Waals surface area contributed by atoms with Crippen LogP contribution < -0.4 is 10.1 Å². The van der Waals surface area contributed by atoms with Gasteiger partial charge >= 0.3 is 5.97 Å². The normalized spacial score (nSPS) is 17.7. The molecule has 1 amide bonds. The summed E-state index contributed by atoms with van der Waals surface area (Å²) in [4.78, 5) is 22.8. The van der Waals surface area contributed by atoms with Gasteiger partial charge in [0, 0.05) is 5.56 Å². The van der Waals surface area contributed by atoms with Crippen LogP contribution in [0.4, 0.5) is 0 Å². The van der Waals surface area contributed by atoms with E-state index in [1.54, 1.807) is 12.1 Å². The number of carboxylic acid groups (broad SMARTS) is 1. The van der Waals surface area contributed by atoms with Gasteiger partial charge in [-0.3, -0.25) is 4.79 Å². The number of thiocarbonyl (C=S) groups is 1. The van der Waals surface area contributed by atoms with Gasteiger partial charge in [0.05, 0.1) is 4.91 Å². The number of amides is 1. The van der Waals surface area contributed by atoms with Crippen molar-refractivity contribution in [2.75, 3.05) is 0 Å². The van der Waals surface area contributed by atoms with Crippen molar-refractivity contribution in [1.29, 1.82) is 0 Å². The molecule has 1 saturated heterocycles. The van der Waals surface area contributed by atoms with Crippen LogP contribution >= 0.6 is 24.0 Å². The number of para-hydroxylation sites is 1. The number of phenols is 1. The summed E-state index contributed by atoms with van der Waals surface area (Å²) in [6.45, 7) is 1.35. The summed E-state index contributed by atoms with van der Waals surface area (Å²) in [7, 11) is 0. The molecule has 3 N–H and O–H groups in total. The topological polar surface area (TPSA) is 95.9 Å². The Morgan fingerprint density at radius 3 is 2.81 bits per heavy atom. The molecule has 1 aliphatic rings. The average Bonchev–Trinajstić information content (AvgIpc) is 2.71. The van der Waals surface area contributed by atoms with Gasteiger partial charge in [0.2, 0.25) is 0 Å². The number of ether oxygens (including phenoxy) is 1. The summed E-state index contributed by atoms with van der Waals surface area (Å²) >= 11 is 5.97. The van der Waals surface area contributed by atoms with Crippen LogP contribution in [0.1, 0.15) is 12.5 Å². The highest BCUT2D eigenvalue weighted by molar-refractivity contribution is 8.26. The molecule has 1 aliphatic heterocycles. The van der Waals surface area contributed by atoms with E-state index in [9.17, 15) is 14.7 Å². The predicted octanol–water partition coefficient (Wildman–Crippen LogP) is 1.73. The lowest BCUT2D eigenvalue weighted by molar-refractivity contribution is -0.144. The molecule has 0 radical (unpaired) electrons. The molecule has 0 aliphatic carbocycles. The first-order valence-corrected chi connectivity index (χ1v) is 7.07. The average molecular weight is 325 g/mol. The van der Waals surface area contributed by atoms with Gasteiger partial charge in [-0.25, -0.2) is 4.79 Å². The summed E-state index contributed by atoms with van der Waals surface area (Å²) in [6, 6.07) is 4.54. The number of carbonyl (C=O) groups excluding carboxylic acids is 1. The monoisotopic (exact) mass is 325 g/mol. The molecular weight excluding hydrogens is 314 g/mol. The maximum Gasteiger partial charge on any atom is 0.344 e. The summed E-state index contributed by atoms with van der Waals surface area (Å²) < 4.78 is 5.58. The third-order valence-electron chi connectivity index (χ3n) is 2.60. The molecule has 0 bridgehead atoms. The molecule has 0 spiro atoms. The Morgan fingerprint density at radius 2 is 2.24 bits per heavy atom. The highest BCUT2D eigenvalue weighted by Gasteiger charge is 2.23. The van der Waals surface area contributed by atoms with E-state index in [1.807, 2.05) is 0 Å². The van der Waals surface area contributed by atoms with Gasteiger partial charge in [-0.1, -0.05) is 36.1 Å². The third kappa shape index (κ3) is 3.53.